The Bertz CT molecular complexity index is 746. The quantitative estimate of drug-likeness (QED) is 0.834. The number of benzene rings is 1. The number of para-hydroxylation sites is 1. The van der Waals surface area contributed by atoms with Crippen LogP contribution in [0.5, 0.6) is 0 Å². The summed E-state index contributed by atoms with van der Waals surface area (Å²) < 4.78 is 5.12. The summed E-state index contributed by atoms with van der Waals surface area (Å²) in [6.45, 7) is 0.151. The number of nitrogens with one attached hydrogen (secondary N) is 1. The van der Waals surface area contributed by atoms with Gasteiger partial charge < -0.3 is 15.0 Å². The van der Waals surface area contributed by atoms with Crippen LogP contribution in [-0.4, -0.2) is 41.9 Å². The van der Waals surface area contributed by atoms with E-state index < -0.39 is 17.9 Å². The molecule has 0 bridgehead atoms. The molecule has 6 nitrogen and oxygen atoms in total. The Morgan fingerprint density at radius 2 is 1.96 bits per heavy atom. The number of amides is 2. The minimum absolute atomic E-state index is 0.164. The molecule has 7 heteroatoms. The van der Waals surface area contributed by atoms with Crippen molar-refractivity contribution < 1.29 is 19.1 Å². The monoisotopic (exact) mass is 358 g/mol. The van der Waals surface area contributed by atoms with Crippen molar-refractivity contribution >= 4 is 34.8 Å². The van der Waals surface area contributed by atoms with Gasteiger partial charge in [-0.25, -0.2) is 4.79 Å². The summed E-state index contributed by atoms with van der Waals surface area (Å²) in [5.41, 5.74) is 0.638. The number of anilines is 1. The molecule has 2 amide bonds. The van der Waals surface area contributed by atoms with Crippen LogP contribution in [0.15, 0.2) is 47.8 Å². The number of esters is 1. The molecule has 130 valence electrons. The van der Waals surface area contributed by atoms with Crippen molar-refractivity contribution in [3.63, 3.8) is 0 Å². The summed E-state index contributed by atoms with van der Waals surface area (Å²) in [7, 11) is 0. The predicted molar refractivity (Wildman–Crippen MR) is 94.4 cm³/mol. The van der Waals surface area contributed by atoms with E-state index in [4.69, 9.17) is 4.74 Å². The van der Waals surface area contributed by atoms with Crippen molar-refractivity contribution in [2.75, 3.05) is 18.5 Å². The first-order chi connectivity index (χ1) is 12.1. The van der Waals surface area contributed by atoms with E-state index in [1.807, 2.05) is 11.4 Å². The predicted octanol–water partition coefficient (Wildman–Crippen LogP) is 2.53. The Morgan fingerprint density at radius 3 is 2.68 bits per heavy atom. The first-order valence-corrected chi connectivity index (χ1v) is 8.89. The first kappa shape index (κ1) is 17.2. The lowest BCUT2D eigenvalue weighted by atomic mass is 10.2. The van der Waals surface area contributed by atoms with Crippen LogP contribution in [0.25, 0.3) is 0 Å². The van der Waals surface area contributed by atoms with E-state index in [9.17, 15) is 14.4 Å². The Labute approximate surface area is 149 Å². The van der Waals surface area contributed by atoms with Crippen LogP contribution in [0.3, 0.4) is 0 Å². The Balaban J connectivity index is 1.53. The summed E-state index contributed by atoms with van der Waals surface area (Å²) in [5.74, 6) is -1.11. The summed E-state index contributed by atoms with van der Waals surface area (Å²) in [6, 6.07) is 11.9. The standard InChI is InChI=1S/C18H18N2O4S/c21-16(19-13-6-2-1-3-7-13)12-24-18(23)14-8-4-10-20(14)17(22)15-9-5-11-25-15/h1-3,5-7,9,11,14H,4,8,10,12H2,(H,19,21)/t14-/m0/s1. The second-order valence-electron chi connectivity index (χ2n) is 5.66. The number of hydrogen-bond acceptors (Lipinski definition) is 5. The van der Waals surface area contributed by atoms with E-state index in [0.29, 0.717) is 23.5 Å². The highest BCUT2D eigenvalue weighted by Gasteiger charge is 2.36. The van der Waals surface area contributed by atoms with Crippen molar-refractivity contribution in [1.82, 2.24) is 4.90 Å². The largest absolute Gasteiger partial charge is 0.454 e. The number of likely N-dealkylation sites (tertiary alicyclic amines) is 1. The SMILES string of the molecule is O=C(COC(=O)[C@@H]1CCCN1C(=O)c1cccs1)Nc1ccccc1. The van der Waals surface area contributed by atoms with Crippen LogP contribution in [0.1, 0.15) is 22.5 Å². The number of hydrogen-bond donors (Lipinski definition) is 1. The van der Waals surface area contributed by atoms with Crippen LogP contribution in [0, 0.1) is 0 Å². The van der Waals surface area contributed by atoms with E-state index >= 15 is 0 Å². The van der Waals surface area contributed by atoms with Crippen molar-refractivity contribution in [2.45, 2.75) is 18.9 Å². The van der Waals surface area contributed by atoms with Gasteiger partial charge in [0.1, 0.15) is 6.04 Å². The van der Waals surface area contributed by atoms with Gasteiger partial charge in [0, 0.05) is 12.2 Å². The molecule has 2 aromatic rings. The van der Waals surface area contributed by atoms with E-state index in [-0.39, 0.29) is 12.5 Å². The maximum atomic E-state index is 12.5. The van der Waals surface area contributed by atoms with Crippen molar-refractivity contribution in [2.24, 2.45) is 0 Å². The van der Waals surface area contributed by atoms with E-state index in [1.54, 1.807) is 36.4 Å². The fourth-order valence-electron chi connectivity index (χ4n) is 2.75. The van der Waals surface area contributed by atoms with Crippen LogP contribution in [0.4, 0.5) is 5.69 Å². The van der Waals surface area contributed by atoms with Gasteiger partial charge in [-0.2, -0.15) is 0 Å². The third kappa shape index (κ3) is 4.24. The highest BCUT2D eigenvalue weighted by atomic mass is 32.1. The average Bonchev–Trinajstić information content (AvgIpc) is 3.31. The topological polar surface area (TPSA) is 75.7 Å². The maximum Gasteiger partial charge on any atom is 0.329 e. The summed E-state index contributed by atoms with van der Waals surface area (Å²) >= 11 is 1.34. The zero-order valence-corrected chi connectivity index (χ0v) is 14.3. The molecule has 3 rings (SSSR count). The van der Waals surface area contributed by atoms with Crippen molar-refractivity contribution in [1.29, 1.82) is 0 Å². The molecule has 0 radical (unpaired) electrons. The Morgan fingerprint density at radius 1 is 1.16 bits per heavy atom. The molecule has 1 saturated heterocycles. The lowest BCUT2D eigenvalue weighted by Crippen LogP contribution is -2.41. The number of ether oxygens (including phenoxy) is 1. The van der Waals surface area contributed by atoms with Crippen LogP contribution >= 0.6 is 11.3 Å². The molecule has 2 heterocycles. The number of rotatable bonds is 5. The van der Waals surface area contributed by atoms with Gasteiger partial charge in [0.2, 0.25) is 0 Å². The van der Waals surface area contributed by atoms with Gasteiger partial charge >= 0.3 is 5.97 Å². The molecule has 0 spiro atoms. The van der Waals surface area contributed by atoms with E-state index in [1.165, 1.54) is 16.2 Å². The molecule has 1 atom stereocenters. The van der Waals surface area contributed by atoms with Gasteiger partial charge in [0.05, 0.1) is 4.88 Å². The summed E-state index contributed by atoms with van der Waals surface area (Å²) in [6.07, 6.45) is 1.29. The normalized spacial score (nSPS) is 16.5. The zero-order chi connectivity index (χ0) is 17.6. The number of thiophene rings is 1. The molecule has 1 fully saturated rings. The zero-order valence-electron chi connectivity index (χ0n) is 13.5. The summed E-state index contributed by atoms with van der Waals surface area (Å²) in [4.78, 5) is 38.7. The molecule has 1 aliphatic rings. The van der Waals surface area contributed by atoms with E-state index in [2.05, 4.69) is 5.32 Å². The molecule has 1 N–H and O–H groups in total. The van der Waals surface area contributed by atoms with Gasteiger partial charge in [-0.15, -0.1) is 11.3 Å². The molecule has 0 saturated carbocycles. The van der Waals surface area contributed by atoms with Gasteiger partial charge in [-0.3, -0.25) is 9.59 Å². The van der Waals surface area contributed by atoms with Crippen molar-refractivity contribution in [3.05, 3.63) is 52.7 Å². The van der Waals surface area contributed by atoms with Crippen molar-refractivity contribution in [3.8, 4) is 0 Å². The summed E-state index contributed by atoms with van der Waals surface area (Å²) in [5, 5.41) is 4.47. The number of nitrogens with zero attached hydrogens (tertiary/aromatic N) is 1. The van der Waals surface area contributed by atoms with Crippen LogP contribution < -0.4 is 5.32 Å². The van der Waals surface area contributed by atoms with Gasteiger partial charge in [-0.05, 0) is 36.4 Å². The van der Waals surface area contributed by atoms with Gasteiger partial charge in [0.25, 0.3) is 11.8 Å². The molecule has 0 aliphatic carbocycles. The number of carbonyl (C=O) groups excluding carboxylic acids is 3. The second kappa shape index (κ2) is 7.94. The molecule has 25 heavy (non-hydrogen) atoms. The van der Waals surface area contributed by atoms with Gasteiger partial charge in [0.15, 0.2) is 6.61 Å². The molecular weight excluding hydrogens is 340 g/mol. The molecule has 0 unspecified atom stereocenters. The van der Waals surface area contributed by atoms with E-state index in [0.717, 1.165) is 6.42 Å². The maximum absolute atomic E-state index is 12.5. The van der Waals surface area contributed by atoms with Crippen LogP contribution in [0.2, 0.25) is 0 Å². The third-order valence-electron chi connectivity index (χ3n) is 3.92. The highest BCUT2D eigenvalue weighted by molar-refractivity contribution is 7.12. The molecule has 1 aliphatic heterocycles. The number of carbonyl (C=O) groups is 3. The average molecular weight is 358 g/mol. The van der Waals surface area contributed by atoms with Gasteiger partial charge in [-0.1, -0.05) is 24.3 Å². The smallest absolute Gasteiger partial charge is 0.329 e. The minimum atomic E-state index is -0.626. The molecule has 1 aromatic carbocycles. The highest BCUT2D eigenvalue weighted by Crippen LogP contribution is 2.23. The lowest BCUT2D eigenvalue weighted by molar-refractivity contribution is -0.151. The Hall–Kier alpha value is -2.67. The lowest BCUT2D eigenvalue weighted by Gasteiger charge is -2.22. The van der Waals surface area contributed by atoms with Crippen LogP contribution in [-0.2, 0) is 14.3 Å². The minimum Gasteiger partial charge on any atom is -0.454 e. The first-order valence-electron chi connectivity index (χ1n) is 8.01. The fourth-order valence-corrected chi connectivity index (χ4v) is 3.43. The Kier molecular flexibility index (Phi) is 5.45. The molecule has 1 aromatic heterocycles. The molecular formula is C18H18N2O4S. The third-order valence-corrected chi connectivity index (χ3v) is 4.78. The fraction of sp³-hybridized carbons (Fsp3) is 0.278. The second-order valence-corrected chi connectivity index (χ2v) is 6.60.